The summed E-state index contributed by atoms with van der Waals surface area (Å²) in [6.07, 6.45) is -2.41. The highest BCUT2D eigenvalue weighted by Crippen LogP contribution is 2.26. The number of carboxylic acids is 1. The van der Waals surface area contributed by atoms with E-state index in [9.17, 15) is 19.8 Å². The third-order valence-electron chi connectivity index (χ3n) is 3.38. The summed E-state index contributed by atoms with van der Waals surface area (Å²) in [5.41, 5.74) is -0.399. The van der Waals surface area contributed by atoms with Crippen molar-refractivity contribution < 1.29 is 24.5 Å². The van der Waals surface area contributed by atoms with E-state index in [4.69, 9.17) is 4.74 Å². The van der Waals surface area contributed by atoms with Gasteiger partial charge in [0, 0.05) is 0 Å². The zero-order chi connectivity index (χ0) is 17.9. The lowest BCUT2D eigenvalue weighted by molar-refractivity contribution is -0.310. The molecule has 2 aromatic rings. The Kier molecular flexibility index (Phi) is 5.09. The van der Waals surface area contributed by atoms with E-state index in [2.05, 4.69) is 5.32 Å². The number of ether oxygens (including phenoxy) is 1. The van der Waals surface area contributed by atoms with Gasteiger partial charge in [0.1, 0.15) is 17.7 Å². The van der Waals surface area contributed by atoms with Crippen LogP contribution in [0.25, 0.3) is 10.8 Å². The van der Waals surface area contributed by atoms with Gasteiger partial charge in [0.15, 0.2) is 0 Å². The predicted octanol–water partition coefficient (Wildman–Crippen LogP) is 1.52. The molecule has 0 aromatic heterocycles. The van der Waals surface area contributed by atoms with Crippen molar-refractivity contribution in [1.82, 2.24) is 5.32 Å². The summed E-state index contributed by atoms with van der Waals surface area (Å²) in [6.45, 7) is 4.96. The van der Waals surface area contributed by atoms with Gasteiger partial charge in [0.25, 0.3) is 0 Å². The first-order valence-electron chi connectivity index (χ1n) is 7.55. The topological polar surface area (TPSA) is 98.7 Å². The molecule has 24 heavy (non-hydrogen) atoms. The quantitative estimate of drug-likeness (QED) is 0.885. The highest BCUT2D eigenvalue weighted by molar-refractivity contribution is 5.87. The standard InChI is InChI=1S/C18H21NO5/c1-18(2,3)24-17(23)19-14(16(21)22)15(20)13-10-6-8-11-7-4-5-9-12(11)13/h4-10,14-15,20H,1-3H3,(H,19,23)(H,21,22)/p-1/t14-,15-/m0/s1. The van der Waals surface area contributed by atoms with Crippen molar-refractivity contribution in [2.24, 2.45) is 0 Å². The number of rotatable bonds is 4. The van der Waals surface area contributed by atoms with Gasteiger partial charge in [-0.25, -0.2) is 4.79 Å². The highest BCUT2D eigenvalue weighted by Gasteiger charge is 2.27. The first-order chi connectivity index (χ1) is 11.2. The molecule has 0 aliphatic heterocycles. The fourth-order valence-electron chi connectivity index (χ4n) is 2.39. The summed E-state index contributed by atoms with van der Waals surface area (Å²) in [4.78, 5) is 23.2. The summed E-state index contributed by atoms with van der Waals surface area (Å²) < 4.78 is 5.04. The molecule has 2 rings (SSSR count). The molecule has 6 heteroatoms. The van der Waals surface area contributed by atoms with E-state index in [1.54, 1.807) is 45.0 Å². The molecule has 1 amide bonds. The highest BCUT2D eigenvalue weighted by atomic mass is 16.6. The van der Waals surface area contributed by atoms with Crippen molar-refractivity contribution >= 4 is 22.8 Å². The maximum Gasteiger partial charge on any atom is 0.408 e. The van der Waals surface area contributed by atoms with Crippen LogP contribution in [0, 0.1) is 0 Å². The number of aliphatic hydroxyl groups is 1. The molecule has 0 saturated heterocycles. The molecule has 0 bridgehead atoms. The van der Waals surface area contributed by atoms with Crippen LogP contribution < -0.4 is 10.4 Å². The number of hydrogen-bond acceptors (Lipinski definition) is 5. The summed E-state index contributed by atoms with van der Waals surface area (Å²) in [6, 6.07) is 10.8. The Bertz CT molecular complexity index is 745. The van der Waals surface area contributed by atoms with Gasteiger partial charge in [-0.15, -0.1) is 0 Å². The van der Waals surface area contributed by atoms with Crippen molar-refractivity contribution in [1.29, 1.82) is 0 Å². The summed E-state index contributed by atoms with van der Waals surface area (Å²) in [5, 5.41) is 25.6. The molecule has 2 atom stereocenters. The molecule has 2 aromatic carbocycles. The minimum Gasteiger partial charge on any atom is -0.548 e. The molecule has 0 spiro atoms. The number of carbonyl (C=O) groups is 2. The van der Waals surface area contributed by atoms with Crippen LogP contribution in [0.1, 0.15) is 32.4 Å². The first-order valence-corrected chi connectivity index (χ1v) is 7.55. The lowest BCUT2D eigenvalue weighted by Gasteiger charge is -2.28. The van der Waals surface area contributed by atoms with Crippen LogP contribution in [0.15, 0.2) is 42.5 Å². The molecule has 0 unspecified atom stereocenters. The molecular weight excluding hydrogens is 310 g/mol. The summed E-state index contributed by atoms with van der Waals surface area (Å²) in [7, 11) is 0. The van der Waals surface area contributed by atoms with Crippen molar-refractivity contribution in [3.63, 3.8) is 0 Å². The number of amides is 1. The predicted molar refractivity (Wildman–Crippen MR) is 87.1 cm³/mol. The second-order valence-electron chi connectivity index (χ2n) is 6.46. The fraction of sp³-hybridized carbons (Fsp3) is 0.333. The number of benzene rings is 2. The third-order valence-corrected chi connectivity index (χ3v) is 3.38. The van der Waals surface area contributed by atoms with Crippen LogP contribution in [0.5, 0.6) is 0 Å². The van der Waals surface area contributed by atoms with E-state index < -0.39 is 29.8 Å². The van der Waals surface area contributed by atoms with Gasteiger partial charge < -0.3 is 25.1 Å². The minimum absolute atomic E-state index is 0.387. The van der Waals surface area contributed by atoms with E-state index in [1.165, 1.54) is 0 Å². The third kappa shape index (κ3) is 4.23. The van der Waals surface area contributed by atoms with Crippen molar-refractivity contribution in [3.8, 4) is 0 Å². The molecule has 0 aliphatic rings. The number of hydrogen-bond donors (Lipinski definition) is 2. The van der Waals surface area contributed by atoms with Crippen molar-refractivity contribution in [3.05, 3.63) is 48.0 Å². The second-order valence-corrected chi connectivity index (χ2v) is 6.46. The van der Waals surface area contributed by atoms with Crippen LogP contribution in [-0.2, 0) is 9.53 Å². The fourth-order valence-corrected chi connectivity index (χ4v) is 2.39. The Morgan fingerprint density at radius 1 is 1.12 bits per heavy atom. The zero-order valence-corrected chi connectivity index (χ0v) is 13.8. The van der Waals surface area contributed by atoms with E-state index in [-0.39, 0.29) is 0 Å². The monoisotopic (exact) mass is 330 g/mol. The van der Waals surface area contributed by atoms with Crippen LogP contribution in [0.2, 0.25) is 0 Å². The molecule has 0 radical (unpaired) electrons. The average Bonchev–Trinajstić information content (AvgIpc) is 2.49. The molecular formula is C18H20NO5-. The zero-order valence-electron chi connectivity index (χ0n) is 13.8. The van der Waals surface area contributed by atoms with Crippen molar-refractivity contribution in [2.75, 3.05) is 0 Å². The van der Waals surface area contributed by atoms with Crippen LogP contribution >= 0.6 is 0 Å². The summed E-state index contributed by atoms with van der Waals surface area (Å²) >= 11 is 0. The molecule has 128 valence electrons. The normalized spacial score (nSPS) is 14.0. The van der Waals surface area contributed by atoms with E-state index >= 15 is 0 Å². The molecule has 0 aliphatic carbocycles. The molecule has 6 nitrogen and oxygen atoms in total. The molecule has 0 saturated carbocycles. The van der Waals surface area contributed by atoms with Crippen LogP contribution in [0.4, 0.5) is 4.79 Å². The van der Waals surface area contributed by atoms with Gasteiger partial charge >= 0.3 is 6.09 Å². The van der Waals surface area contributed by atoms with Gasteiger partial charge in [-0.05, 0) is 37.1 Å². The van der Waals surface area contributed by atoms with Gasteiger partial charge in [0.2, 0.25) is 0 Å². The summed E-state index contributed by atoms with van der Waals surface area (Å²) in [5.74, 6) is -1.60. The maximum absolute atomic E-state index is 11.8. The van der Waals surface area contributed by atoms with Gasteiger partial charge in [0.05, 0.1) is 5.97 Å². The molecule has 0 fully saturated rings. The van der Waals surface area contributed by atoms with Crippen LogP contribution in [0.3, 0.4) is 0 Å². The Labute approximate surface area is 140 Å². The number of carbonyl (C=O) groups excluding carboxylic acids is 2. The first kappa shape index (κ1) is 17.7. The lowest BCUT2D eigenvalue weighted by Crippen LogP contribution is -2.52. The van der Waals surface area contributed by atoms with E-state index in [0.717, 1.165) is 5.39 Å². The minimum atomic E-state index is -1.63. The molecule has 0 heterocycles. The van der Waals surface area contributed by atoms with Crippen LogP contribution in [-0.4, -0.2) is 28.8 Å². The number of fused-ring (bicyclic) bond motifs is 1. The second kappa shape index (κ2) is 6.88. The number of alkyl carbamates (subject to hydrolysis) is 1. The van der Waals surface area contributed by atoms with E-state index in [1.807, 2.05) is 18.2 Å². The number of aliphatic carboxylic acids is 1. The number of nitrogens with one attached hydrogen (secondary N) is 1. The van der Waals surface area contributed by atoms with Gasteiger partial charge in [-0.1, -0.05) is 42.5 Å². The smallest absolute Gasteiger partial charge is 0.408 e. The SMILES string of the molecule is CC(C)(C)OC(=O)N[C@H](C(=O)[O-])[C@@H](O)c1cccc2ccccc12. The molecule has 2 N–H and O–H groups in total. The largest absolute Gasteiger partial charge is 0.548 e. The van der Waals surface area contributed by atoms with Gasteiger partial charge in [-0.2, -0.15) is 0 Å². The van der Waals surface area contributed by atoms with Gasteiger partial charge in [-0.3, -0.25) is 0 Å². The van der Waals surface area contributed by atoms with E-state index in [0.29, 0.717) is 10.9 Å². The number of aliphatic hydroxyl groups excluding tert-OH is 1. The Morgan fingerprint density at radius 3 is 2.38 bits per heavy atom. The Morgan fingerprint density at radius 2 is 1.75 bits per heavy atom. The maximum atomic E-state index is 11.8. The van der Waals surface area contributed by atoms with Crippen molar-refractivity contribution in [2.45, 2.75) is 38.5 Å². The average molecular weight is 330 g/mol. The lowest BCUT2D eigenvalue weighted by atomic mass is 9.96. The Balaban J connectivity index is 2.30. The number of carboxylic acid groups (broad SMARTS) is 1. The Hall–Kier alpha value is -2.60.